The molecule has 5 heteroatoms. The Labute approximate surface area is 158 Å². The second kappa shape index (κ2) is 9.40. The average molecular weight is 363 g/mol. The maximum absolute atomic E-state index is 12.6. The van der Waals surface area contributed by atoms with Gasteiger partial charge in [0, 0.05) is 12.8 Å². The first kappa shape index (κ1) is 18.5. The summed E-state index contributed by atoms with van der Waals surface area (Å²) >= 11 is 0. The van der Waals surface area contributed by atoms with Gasteiger partial charge in [-0.1, -0.05) is 30.3 Å². The minimum Gasteiger partial charge on any atom is -0.490 e. The van der Waals surface area contributed by atoms with Gasteiger partial charge in [0.25, 0.3) is 5.91 Å². The zero-order valence-corrected chi connectivity index (χ0v) is 15.1. The summed E-state index contributed by atoms with van der Waals surface area (Å²) < 4.78 is 16.3. The number of hydrogen-bond donors (Lipinski definition) is 1. The molecule has 27 heavy (non-hydrogen) atoms. The number of methoxy groups -OCH3 is 1. The number of anilines is 1. The van der Waals surface area contributed by atoms with Gasteiger partial charge in [-0.05, 0) is 48.5 Å². The van der Waals surface area contributed by atoms with Crippen LogP contribution in [0, 0.1) is 0 Å². The first-order valence-corrected chi connectivity index (χ1v) is 8.61. The molecular weight excluding hydrogens is 342 g/mol. The Hall–Kier alpha value is -3.31. The standard InChI is InChI=1S/C22H21NO4/c1-25-15-16-26-21-10-6-5-9-20(21)22(24)23-17-11-13-19(14-12-17)27-18-7-3-2-4-8-18/h2-14H,15-16H2,1H3,(H,23,24). The predicted octanol–water partition coefficient (Wildman–Crippen LogP) is 4.76. The number of amides is 1. The molecule has 0 radical (unpaired) electrons. The third-order valence-corrected chi connectivity index (χ3v) is 3.77. The molecule has 0 aliphatic heterocycles. The number of ether oxygens (including phenoxy) is 3. The number of nitrogens with one attached hydrogen (secondary N) is 1. The summed E-state index contributed by atoms with van der Waals surface area (Å²) in [6, 6.07) is 23.9. The third kappa shape index (κ3) is 5.33. The topological polar surface area (TPSA) is 56.8 Å². The second-order valence-corrected chi connectivity index (χ2v) is 5.73. The first-order chi connectivity index (χ1) is 13.3. The van der Waals surface area contributed by atoms with Crippen LogP contribution in [0.25, 0.3) is 0 Å². The lowest BCUT2D eigenvalue weighted by molar-refractivity contribution is 0.101. The van der Waals surface area contributed by atoms with E-state index in [1.54, 1.807) is 37.4 Å². The van der Waals surface area contributed by atoms with Gasteiger partial charge in [0.15, 0.2) is 0 Å². The Morgan fingerprint density at radius 2 is 1.48 bits per heavy atom. The van der Waals surface area contributed by atoms with Crippen LogP contribution in [0.3, 0.4) is 0 Å². The van der Waals surface area contributed by atoms with Crippen molar-refractivity contribution in [3.05, 3.63) is 84.4 Å². The lowest BCUT2D eigenvalue weighted by Gasteiger charge is -2.12. The van der Waals surface area contributed by atoms with Crippen LogP contribution in [0.1, 0.15) is 10.4 Å². The molecule has 5 nitrogen and oxygen atoms in total. The molecule has 0 aliphatic rings. The molecule has 1 amide bonds. The molecule has 0 spiro atoms. The van der Waals surface area contributed by atoms with E-state index in [1.807, 2.05) is 48.5 Å². The lowest BCUT2D eigenvalue weighted by atomic mass is 10.2. The van der Waals surface area contributed by atoms with E-state index < -0.39 is 0 Å². The molecule has 0 heterocycles. The Morgan fingerprint density at radius 1 is 0.815 bits per heavy atom. The number of carbonyl (C=O) groups excluding carboxylic acids is 1. The van der Waals surface area contributed by atoms with Gasteiger partial charge in [0.05, 0.1) is 12.2 Å². The summed E-state index contributed by atoms with van der Waals surface area (Å²) in [5.41, 5.74) is 1.14. The molecule has 1 N–H and O–H groups in total. The number of hydrogen-bond acceptors (Lipinski definition) is 4. The molecule has 138 valence electrons. The van der Waals surface area contributed by atoms with Crippen LogP contribution in [0.15, 0.2) is 78.9 Å². The van der Waals surface area contributed by atoms with Gasteiger partial charge < -0.3 is 19.5 Å². The van der Waals surface area contributed by atoms with Gasteiger partial charge in [0.2, 0.25) is 0 Å². The van der Waals surface area contributed by atoms with Crippen molar-refractivity contribution in [1.29, 1.82) is 0 Å². The van der Waals surface area contributed by atoms with Crippen LogP contribution in [-0.2, 0) is 4.74 Å². The van der Waals surface area contributed by atoms with Crippen LogP contribution in [0.4, 0.5) is 5.69 Å². The van der Waals surface area contributed by atoms with E-state index in [2.05, 4.69) is 5.32 Å². The summed E-state index contributed by atoms with van der Waals surface area (Å²) in [6.07, 6.45) is 0. The van der Waals surface area contributed by atoms with Gasteiger partial charge in [-0.2, -0.15) is 0 Å². The van der Waals surface area contributed by atoms with Crippen molar-refractivity contribution in [2.45, 2.75) is 0 Å². The molecule has 0 fully saturated rings. The summed E-state index contributed by atoms with van der Waals surface area (Å²) in [5.74, 6) is 1.75. The fraction of sp³-hybridized carbons (Fsp3) is 0.136. The summed E-state index contributed by atoms with van der Waals surface area (Å²) in [6.45, 7) is 0.838. The molecule has 3 aromatic carbocycles. The molecule has 0 bridgehead atoms. The highest BCUT2D eigenvalue weighted by Crippen LogP contribution is 2.24. The predicted molar refractivity (Wildman–Crippen MR) is 105 cm³/mol. The third-order valence-electron chi connectivity index (χ3n) is 3.77. The normalized spacial score (nSPS) is 10.3. The molecule has 0 aliphatic carbocycles. The highest BCUT2D eigenvalue weighted by Gasteiger charge is 2.12. The van der Waals surface area contributed by atoms with Gasteiger partial charge >= 0.3 is 0 Å². The van der Waals surface area contributed by atoms with Crippen molar-refractivity contribution in [3.8, 4) is 17.2 Å². The highest BCUT2D eigenvalue weighted by molar-refractivity contribution is 6.06. The van der Waals surface area contributed by atoms with Gasteiger partial charge in [-0.25, -0.2) is 0 Å². The minimum atomic E-state index is -0.236. The molecular formula is C22H21NO4. The lowest BCUT2D eigenvalue weighted by Crippen LogP contribution is -2.14. The number of rotatable bonds is 8. The van der Waals surface area contributed by atoms with E-state index in [-0.39, 0.29) is 5.91 Å². The van der Waals surface area contributed by atoms with Gasteiger partial charge in [-0.3, -0.25) is 4.79 Å². The zero-order chi connectivity index (χ0) is 18.9. The molecule has 0 saturated heterocycles. The van der Waals surface area contributed by atoms with Crippen LogP contribution >= 0.6 is 0 Å². The number of benzene rings is 3. The van der Waals surface area contributed by atoms with Crippen molar-refractivity contribution in [2.24, 2.45) is 0 Å². The van der Waals surface area contributed by atoms with E-state index in [9.17, 15) is 4.79 Å². The fourth-order valence-corrected chi connectivity index (χ4v) is 2.44. The van der Waals surface area contributed by atoms with Gasteiger partial charge in [0.1, 0.15) is 23.9 Å². The van der Waals surface area contributed by atoms with Crippen molar-refractivity contribution in [1.82, 2.24) is 0 Å². The Morgan fingerprint density at radius 3 is 2.22 bits per heavy atom. The summed E-state index contributed by atoms with van der Waals surface area (Å²) in [5, 5.41) is 2.87. The molecule has 0 atom stereocenters. The largest absolute Gasteiger partial charge is 0.490 e. The highest BCUT2D eigenvalue weighted by atomic mass is 16.5. The number of carbonyl (C=O) groups is 1. The first-order valence-electron chi connectivity index (χ1n) is 8.61. The monoisotopic (exact) mass is 363 g/mol. The SMILES string of the molecule is COCCOc1ccccc1C(=O)Nc1ccc(Oc2ccccc2)cc1. The number of para-hydroxylation sites is 2. The van der Waals surface area contributed by atoms with Crippen LogP contribution < -0.4 is 14.8 Å². The van der Waals surface area contributed by atoms with Crippen molar-refractivity contribution in [3.63, 3.8) is 0 Å². The zero-order valence-electron chi connectivity index (χ0n) is 15.1. The smallest absolute Gasteiger partial charge is 0.259 e. The summed E-state index contributed by atoms with van der Waals surface area (Å²) in [7, 11) is 1.60. The fourth-order valence-electron chi connectivity index (χ4n) is 2.44. The molecule has 3 aromatic rings. The van der Waals surface area contributed by atoms with Crippen molar-refractivity contribution < 1.29 is 19.0 Å². The van der Waals surface area contributed by atoms with E-state index in [0.717, 1.165) is 5.75 Å². The van der Waals surface area contributed by atoms with Gasteiger partial charge in [-0.15, -0.1) is 0 Å². The molecule has 0 saturated carbocycles. The van der Waals surface area contributed by atoms with Crippen molar-refractivity contribution >= 4 is 11.6 Å². The summed E-state index contributed by atoms with van der Waals surface area (Å²) in [4.78, 5) is 12.6. The molecule has 0 aromatic heterocycles. The van der Waals surface area contributed by atoms with Crippen molar-refractivity contribution in [2.75, 3.05) is 25.6 Å². The van der Waals surface area contributed by atoms with E-state index in [0.29, 0.717) is 36.0 Å². The molecule has 0 unspecified atom stereocenters. The Bertz CT molecular complexity index is 863. The van der Waals surface area contributed by atoms with E-state index >= 15 is 0 Å². The average Bonchev–Trinajstić information content (AvgIpc) is 2.71. The van der Waals surface area contributed by atoms with Crippen LogP contribution in [0.2, 0.25) is 0 Å². The van der Waals surface area contributed by atoms with E-state index in [1.165, 1.54) is 0 Å². The minimum absolute atomic E-state index is 0.236. The maximum Gasteiger partial charge on any atom is 0.259 e. The maximum atomic E-state index is 12.6. The Kier molecular flexibility index (Phi) is 6.44. The van der Waals surface area contributed by atoms with Crippen LogP contribution in [-0.4, -0.2) is 26.2 Å². The Balaban J connectivity index is 1.64. The quantitative estimate of drug-likeness (QED) is 0.587. The van der Waals surface area contributed by atoms with Crippen LogP contribution in [0.5, 0.6) is 17.2 Å². The van der Waals surface area contributed by atoms with E-state index in [4.69, 9.17) is 14.2 Å². The second-order valence-electron chi connectivity index (χ2n) is 5.73. The molecule has 3 rings (SSSR count).